The highest BCUT2D eigenvalue weighted by Crippen LogP contribution is 2.34. The van der Waals surface area contributed by atoms with Crippen molar-refractivity contribution in [2.45, 2.75) is 18.6 Å². The molecule has 5 aromatic rings. The van der Waals surface area contributed by atoms with Crippen molar-refractivity contribution < 1.29 is 13.2 Å². The number of fused-ring (bicyclic) bond motifs is 2. The van der Waals surface area contributed by atoms with Crippen LogP contribution in [-0.4, -0.2) is 42.6 Å². The number of hydrogen-bond donors (Lipinski definition) is 1. The molecule has 0 bridgehead atoms. The van der Waals surface area contributed by atoms with E-state index in [0.29, 0.717) is 16.8 Å². The lowest BCUT2D eigenvalue weighted by Crippen LogP contribution is -2.44. The van der Waals surface area contributed by atoms with Gasteiger partial charge in [0, 0.05) is 48.9 Å². The van der Waals surface area contributed by atoms with Gasteiger partial charge >= 0.3 is 6.18 Å². The predicted molar refractivity (Wildman–Crippen MR) is 118 cm³/mol. The number of nitrogens with one attached hydrogen (secondary N) is 1. The van der Waals surface area contributed by atoms with Crippen LogP contribution in [0.5, 0.6) is 0 Å². The standard InChI is InChI=1S/C24H19F3N6/c25-24(26,27)19-3-1-2-16(9-19)22-21-11-29-23(33(21)7-6-28-22)18-13-32(14-18)12-15-4-5-17-10-30-31-20(17)8-15/h1-11,18H,12-14H2,(H,30,31). The second kappa shape index (κ2) is 7.41. The molecule has 6 rings (SSSR count). The lowest BCUT2D eigenvalue weighted by molar-refractivity contribution is -0.137. The summed E-state index contributed by atoms with van der Waals surface area (Å²) in [5.41, 5.74) is 3.17. The maximum absolute atomic E-state index is 13.2. The zero-order valence-electron chi connectivity index (χ0n) is 17.4. The number of rotatable bonds is 4. The van der Waals surface area contributed by atoms with Gasteiger partial charge in [0.1, 0.15) is 5.82 Å². The SMILES string of the molecule is FC(F)(F)c1cccc(-c2nccn3c(C4CN(Cc5ccc6cn[nH]c6c5)C4)ncc23)c1. The fourth-order valence-corrected chi connectivity index (χ4v) is 4.52. The van der Waals surface area contributed by atoms with Crippen molar-refractivity contribution in [3.8, 4) is 11.3 Å². The molecule has 0 amide bonds. The molecule has 3 aromatic heterocycles. The van der Waals surface area contributed by atoms with Gasteiger partial charge in [0.2, 0.25) is 0 Å². The molecule has 0 radical (unpaired) electrons. The lowest BCUT2D eigenvalue weighted by atomic mass is 9.98. The van der Waals surface area contributed by atoms with Gasteiger partial charge in [-0.1, -0.05) is 24.3 Å². The summed E-state index contributed by atoms with van der Waals surface area (Å²) in [4.78, 5) is 11.3. The first-order valence-corrected chi connectivity index (χ1v) is 10.6. The van der Waals surface area contributed by atoms with Crippen LogP contribution in [0.25, 0.3) is 27.7 Å². The van der Waals surface area contributed by atoms with E-state index >= 15 is 0 Å². The average Bonchev–Trinajstić information content (AvgIpc) is 3.42. The quantitative estimate of drug-likeness (QED) is 0.425. The second-order valence-corrected chi connectivity index (χ2v) is 8.41. The van der Waals surface area contributed by atoms with Crippen LogP contribution in [0, 0.1) is 0 Å². The second-order valence-electron chi connectivity index (χ2n) is 8.41. The van der Waals surface area contributed by atoms with Crippen LogP contribution in [0.4, 0.5) is 13.2 Å². The minimum atomic E-state index is -4.40. The molecule has 1 N–H and O–H groups in total. The minimum Gasteiger partial charge on any atom is -0.300 e. The molecule has 4 heterocycles. The van der Waals surface area contributed by atoms with E-state index in [2.05, 4.69) is 43.3 Å². The molecule has 6 nitrogen and oxygen atoms in total. The van der Waals surface area contributed by atoms with Crippen molar-refractivity contribution >= 4 is 16.4 Å². The van der Waals surface area contributed by atoms with E-state index in [1.165, 1.54) is 11.6 Å². The van der Waals surface area contributed by atoms with E-state index in [1.54, 1.807) is 18.5 Å². The third-order valence-corrected chi connectivity index (χ3v) is 6.19. The summed E-state index contributed by atoms with van der Waals surface area (Å²) >= 11 is 0. The van der Waals surface area contributed by atoms with Crippen molar-refractivity contribution in [1.29, 1.82) is 0 Å². The van der Waals surface area contributed by atoms with E-state index in [1.807, 2.05) is 16.8 Å². The molecule has 1 aliphatic rings. The largest absolute Gasteiger partial charge is 0.416 e. The molecule has 0 aliphatic carbocycles. The van der Waals surface area contributed by atoms with Crippen LogP contribution < -0.4 is 0 Å². The zero-order chi connectivity index (χ0) is 22.6. The number of nitrogens with zero attached hydrogens (tertiary/aromatic N) is 5. The number of benzene rings is 2. The van der Waals surface area contributed by atoms with Gasteiger partial charge in [-0.15, -0.1) is 0 Å². The topological polar surface area (TPSA) is 62.1 Å². The third kappa shape index (κ3) is 3.54. The summed E-state index contributed by atoms with van der Waals surface area (Å²) in [7, 11) is 0. The Morgan fingerprint density at radius 1 is 1.03 bits per heavy atom. The average molecular weight is 448 g/mol. The number of alkyl halides is 3. The molecule has 9 heteroatoms. The molecule has 0 atom stereocenters. The Balaban J connectivity index is 1.23. The van der Waals surface area contributed by atoms with Crippen molar-refractivity contribution in [1.82, 2.24) is 29.5 Å². The van der Waals surface area contributed by atoms with Crippen LogP contribution in [-0.2, 0) is 12.7 Å². The zero-order valence-corrected chi connectivity index (χ0v) is 17.4. The summed E-state index contributed by atoms with van der Waals surface area (Å²) in [6.45, 7) is 2.56. The first kappa shape index (κ1) is 19.9. The number of H-pyrrole nitrogens is 1. The van der Waals surface area contributed by atoms with Gasteiger partial charge in [-0.2, -0.15) is 18.3 Å². The van der Waals surface area contributed by atoms with E-state index in [9.17, 15) is 13.2 Å². The van der Waals surface area contributed by atoms with Gasteiger partial charge in [-0.25, -0.2) is 4.98 Å². The Kier molecular flexibility index (Phi) is 4.48. The molecule has 0 spiro atoms. The van der Waals surface area contributed by atoms with Gasteiger partial charge < -0.3 is 0 Å². The molecule has 0 unspecified atom stereocenters. The van der Waals surface area contributed by atoms with Crippen LogP contribution in [0.1, 0.15) is 22.9 Å². The molecular weight excluding hydrogens is 429 g/mol. The Morgan fingerprint density at radius 3 is 2.76 bits per heavy atom. The van der Waals surface area contributed by atoms with Crippen LogP contribution in [0.2, 0.25) is 0 Å². The maximum Gasteiger partial charge on any atom is 0.416 e. The first-order chi connectivity index (χ1) is 16.0. The predicted octanol–water partition coefficient (Wildman–Crippen LogP) is 4.89. The molecule has 2 aromatic carbocycles. The highest BCUT2D eigenvalue weighted by molar-refractivity contribution is 5.78. The fraction of sp³-hybridized carbons (Fsp3) is 0.208. The smallest absolute Gasteiger partial charge is 0.300 e. The van der Waals surface area contributed by atoms with Gasteiger partial charge in [0.05, 0.1) is 34.7 Å². The van der Waals surface area contributed by atoms with Gasteiger partial charge in [0.15, 0.2) is 0 Å². The highest BCUT2D eigenvalue weighted by atomic mass is 19.4. The highest BCUT2D eigenvalue weighted by Gasteiger charge is 2.32. The van der Waals surface area contributed by atoms with Crippen LogP contribution >= 0.6 is 0 Å². The number of likely N-dealkylation sites (tertiary alicyclic amines) is 1. The Labute approximate surface area is 186 Å². The van der Waals surface area contributed by atoms with Gasteiger partial charge in [-0.3, -0.25) is 19.4 Å². The molecule has 166 valence electrons. The van der Waals surface area contributed by atoms with Crippen molar-refractivity contribution in [2.75, 3.05) is 13.1 Å². The number of halogens is 3. The normalized spacial score (nSPS) is 15.4. The summed E-state index contributed by atoms with van der Waals surface area (Å²) in [5.74, 6) is 1.15. The summed E-state index contributed by atoms with van der Waals surface area (Å²) in [6.07, 6.45) is 2.55. The minimum absolute atomic E-state index is 0.250. The van der Waals surface area contributed by atoms with Gasteiger partial charge in [-0.05, 0) is 23.8 Å². The van der Waals surface area contributed by atoms with E-state index < -0.39 is 11.7 Å². The van der Waals surface area contributed by atoms with Crippen LogP contribution in [0.3, 0.4) is 0 Å². The molecule has 1 fully saturated rings. The molecular formula is C24H19F3N6. The first-order valence-electron chi connectivity index (χ1n) is 10.6. The van der Waals surface area contributed by atoms with Crippen molar-refractivity contribution in [3.05, 3.63) is 84.2 Å². The fourth-order valence-electron chi connectivity index (χ4n) is 4.52. The third-order valence-electron chi connectivity index (χ3n) is 6.19. The van der Waals surface area contributed by atoms with E-state index in [0.717, 1.165) is 48.5 Å². The van der Waals surface area contributed by atoms with E-state index in [-0.39, 0.29) is 5.92 Å². The molecule has 1 saturated heterocycles. The Morgan fingerprint density at radius 2 is 1.91 bits per heavy atom. The number of aromatic nitrogens is 5. The Bertz CT molecular complexity index is 1460. The summed E-state index contributed by atoms with van der Waals surface area (Å²) in [6, 6.07) is 11.6. The van der Waals surface area contributed by atoms with Gasteiger partial charge in [0.25, 0.3) is 0 Å². The van der Waals surface area contributed by atoms with Crippen molar-refractivity contribution in [2.24, 2.45) is 0 Å². The number of aromatic amines is 1. The number of hydrogen-bond acceptors (Lipinski definition) is 4. The lowest BCUT2D eigenvalue weighted by Gasteiger charge is -2.38. The molecule has 33 heavy (non-hydrogen) atoms. The molecule has 1 aliphatic heterocycles. The van der Waals surface area contributed by atoms with Crippen LogP contribution in [0.15, 0.2) is 67.3 Å². The molecule has 0 saturated carbocycles. The van der Waals surface area contributed by atoms with Crippen molar-refractivity contribution in [3.63, 3.8) is 0 Å². The monoisotopic (exact) mass is 448 g/mol. The summed E-state index contributed by atoms with van der Waals surface area (Å²) < 4.78 is 41.4. The summed E-state index contributed by atoms with van der Waals surface area (Å²) in [5, 5.41) is 8.16. The maximum atomic E-state index is 13.2. The Hall–Kier alpha value is -3.72. The van der Waals surface area contributed by atoms with E-state index in [4.69, 9.17) is 0 Å². The number of imidazole rings is 1.